The predicted octanol–water partition coefficient (Wildman–Crippen LogP) is 4.62. The van der Waals surface area contributed by atoms with Gasteiger partial charge in [-0.2, -0.15) is 0 Å². The fourth-order valence-electron chi connectivity index (χ4n) is 3.83. The maximum atomic E-state index is 13.5. The number of carbonyl (C=O) groups excluding carboxylic acids is 3. The highest BCUT2D eigenvalue weighted by atomic mass is 32.1. The number of nitrogens with one attached hydrogen (secondary N) is 2. The van der Waals surface area contributed by atoms with Gasteiger partial charge < -0.3 is 15.4 Å². The number of amides is 2. The monoisotopic (exact) mass is 518 g/mol. The first-order valence-corrected chi connectivity index (χ1v) is 12.5. The number of thiazole rings is 1. The summed E-state index contributed by atoms with van der Waals surface area (Å²) in [4.78, 5) is 56.5. The highest BCUT2D eigenvalue weighted by molar-refractivity contribution is 7.19. The van der Waals surface area contributed by atoms with Crippen LogP contribution in [0.15, 0.2) is 53.3 Å². The van der Waals surface area contributed by atoms with Gasteiger partial charge in [-0.3, -0.25) is 14.4 Å². The van der Waals surface area contributed by atoms with Crippen LogP contribution < -0.4 is 16.2 Å². The molecule has 0 fully saturated rings. The second-order valence-corrected chi connectivity index (χ2v) is 9.44. The Bertz CT molecular complexity index is 1570. The molecule has 0 bridgehead atoms. The number of anilines is 2. The average Bonchev–Trinajstić information content (AvgIpc) is 3.27. The van der Waals surface area contributed by atoms with E-state index in [0.29, 0.717) is 29.1 Å². The zero-order chi connectivity index (χ0) is 26.7. The summed E-state index contributed by atoms with van der Waals surface area (Å²) in [6.07, 6.45) is 1.39. The Hall–Kier alpha value is -4.31. The molecule has 37 heavy (non-hydrogen) atoms. The van der Waals surface area contributed by atoms with Crippen molar-refractivity contribution in [2.45, 2.75) is 33.6 Å². The lowest BCUT2D eigenvalue weighted by atomic mass is 10.1. The lowest BCUT2D eigenvalue weighted by molar-refractivity contribution is 0.0600. The van der Waals surface area contributed by atoms with Gasteiger partial charge in [-0.05, 0) is 61.7 Å². The minimum absolute atomic E-state index is 0.0399. The summed E-state index contributed by atoms with van der Waals surface area (Å²) in [6.45, 7) is 5.79. The molecule has 2 heterocycles. The van der Waals surface area contributed by atoms with E-state index in [2.05, 4.69) is 15.6 Å². The lowest BCUT2D eigenvalue weighted by Gasteiger charge is -2.11. The van der Waals surface area contributed by atoms with Gasteiger partial charge in [-0.1, -0.05) is 36.8 Å². The summed E-state index contributed by atoms with van der Waals surface area (Å²) >= 11 is 0.968. The number of esters is 1. The summed E-state index contributed by atoms with van der Waals surface area (Å²) in [5, 5.41) is 5.59. The maximum Gasteiger partial charge on any atom is 0.337 e. The number of aromatic nitrogens is 2. The standard InChI is InChI=1S/C27H26N4O5S/c1-5-7-19-14-21(32)31-22(24(33)30-20-9-6-8-15(2)16(20)3)23(37-27(31)29-19)25(34)28-18-12-10-17(11-13-18)26(35)36-4/h6,8-14H,5,7H2,1-4H3,(H,28,34)(H,30,33). The van der Waals surface area contributed by atoms with Gasteiger partial charge in [0, 0.05) is 23.1 Å². The van der Waals surface area contributed by atoms with Gasteiger partial charge in [0.15, 0.2) is 4.96 Å². The molecule has 0 aliphatic carbocycles. The number of nitrogens with zero attached hydrogens (tertiary/aromatic N) is 2. The molecular formula is C27H26N4O5S. The fourth-order valence-corrected chi connectivity index (χ4v) is 4.87. The third kappa shape index (κ3) is 5.29. The number of hydrogen-bond donors (Lipinski definition) is 2. The molecule has 0 radical (unpaired) electrons. The van der Waals surface area contributed by atoms with E-state index in [9.17, 15) is 19.2 Å². The summed E-state index contributed by atoms with van der Waals surface area (Å²) in [6, 6.07) is 13.0. The molecule has 4 aromatic rings. The van der Waals surface area contributed by atoms with Gasteiger partial charge >= 0.3 is 5.97 Å². The van der Waals surface area contributed by atoms with E-state index in [-0.39, 0.29) is 15.5 Å². The van der Waals surface area contributed by atoms with Crippen LogP contribution >= 0.6 is 11.3 Å². The molecule has 0 atom stereocenters. The number of benzene rings is 2. The third-order valence-electron chi connectivity index (χ3n) is 5.92. The molecular weight excluding hydrogens is 492 g/mol. The van der Waals surface area contributed by atoms with Crippen LogP contribution in [0.2, 0.25) is 0 Å². The van der Waals surface area contributed by atoms with Gasteiger partial charge in [-0.25, -0.2) is 14.2 Å². The predicted molar refractivity (Wildman–Crippen MR) is 143 cm³/mol. The van der Waals surface area contributed by atoms with Gasteiger partial charge in [0.25, 0.3) is 17.4 Å². The van der Waals surface area contributed by atoms with Crippen molar-refractivity contribution in [3.05, 3.63) is 91.8 Å². The van der Waals surface area contributed by atoms with E-state index in [0.717, 1.165) is 28.9 Å². The van der Waals surface area contributed by atoms with Crippen molar-refractivity contribution in [2.75, 3.05) is 17.7 Å². The second-order valence-electron chi connectivity index (χ2n) is 8.46. The van der Waals surface area contributed by atoms with E-state index in [4.69, 9.17) is 4.74 Å². The number of ether oxygens (including phenoxy) is 1. The average molecular weight is 519 g/mol. The largest absolute Gasteiger partial charge is 0.465 e. The third-order valence-corrected chi connectivity index (χ3v) is 6.96. The molecule has 9 nitrogen and oxygen atoms in total. The highest BCUT2D eigenvalue weighted by Crippen LogP contribution is 2.26. The number of hydrogen-bond acceptors (Lipinski definition) is 7. The summed E-state index contributed by atoms with van der Waals surface area (Å²) in [5.41, 5.74) is 3.26. The van der Waals surface area contributed by atoms with Crippen LogP contribution in [0.25, 0.3) is 4.96 Å². The van der Waals surface area contributed by atoms with Gasteiger partial charge in [0.1, 0.15) is 10.6 Å². The summed E-state index contributed by atoms with van der Waals surface area (Å²) < 4.78 is 5.88. The maximum absolute atomic E-state index is 13.5. The Labute approximate surface area is 217 Å². The van der Waals surface area contributed by atoms with Crippen molar-refractivity contribution in [1.29, 1.82) is 0 Å². The van der Waals surface area contributed by atoms with Crippen molar-refractivity contribution >= 4 is 45.5 Å². The molecule has 2 N–H and O–H groups in total. The Morgan fingerprint density at radius 2 is 1.76 bits per heavy atom. The Kier molecular flexibility index (Phi) is 7.49. The summed E-state index contributed by atoms with van der Waals surface area (Å²) in [5.74, 6) is -1.68. The van der Waals surface area contributed by atoms with Crippen molar-refractivity contribution in [3.63, 3.8) is 0 Å². The summed E-state index contributed by atoms with van der Waals surface area (Å²) in [7, 11) is 1.28. The second kappa shape index (κ2) is 10.8. The van der Waals surface area contributed by atoms with Crippen molar-refractivity contribution in [2.24, 2.45) is 0 Å². The molecule has 10 heteroatoms. The van der Waals surface area contributed by atoms with E-state index in [1.165, 1.54) is 29.7 Å². The van der Waals surface area contributed by atoms with Crippen molar-refractivity contribution in [3.8, 4) is 0 Å². The topological polar surface area (TPSA) is 119 Å². The lowest BCUT2D eigenvalue weighted by Crippen LogP contribution is -2.25. The first-order valence-electron chi connectivity index (χ1n) is 11.7. The molecule has 190 valence electrons. The SMILES string of the molecule is CCCc1cc(=O)n2c(C(=O)Nc3cccc(C)c3C)c(C(=O)Nc3ccc(C(=O)OC)cc3)sc2n1. The quantitative estimate of drug-likeness (QED) is 0.345. The Morgan fingerprint density at radius 3 is 2.43 bits per heavy atom. The fraction of sp³-hybridized carbons (Fsp3) is 0.222. The van der Waals surface area contributed by atoms with Crippen molar-refractivity contribution < 1.29 is 19.1 Å². The number of fused-ring (bicyclic) bond motifs is 1. The number of carbonyl (C=O) groups is 3. The van der Waals surface area contributed by atoms with Crippen molar-refractivity contribution in [1.82, 2.24) is 9.38 Å². The van der Waals surface area contributed by atoms with E-state index in [1.807, 2.05) is 32.9 Å². The van der Waals surface area contributed by atoms with Crippen LogP contribution in [0, 0.1) is 13.8 Å². The van der Waals surface area contributed by atoms with Crippen LogP contribution in [0.4, 0.5) is 11.4 Å². The first kappa shape index (κ1) is 25.8. The van der Waals surface area contributed by atoms with Crippen LogP contribution in [-0.2, 0) is 11.2 Å². The Morgan fingerprint density at radius 1 is 1.03 bits per heavy atom. The number of rotatable bonds is 7. The smallest absolute Gasteiger partial charge is 0.337 e. The highest BCUT2D eigenvalue weighted by Gasteiger charge is 2.27. The molecule has 0 saturated heterocycles. The molecule has 0 aliphatic rings. The number of aryl methyl sites for hydroxylation is 2. The molecule has 2 aromatic heterocycles. The van der Waals surface area contributed by atoms with Gasteiger partial charge in [0.05, 0.1) is 12.7 Å². The number of methoxy groups -OCH3 is 1. The Balaban J connectivity index is 1.77. The van der Waals surface area contributed by atoms with Crippen LogP contribution in [0.3, 0.4) is 0 Å². The molecule has 2 amide bonds. The van der Waals surface area contributed by atoms with Crippen LogP contribution in [-0.4, -0.2) is 34.3 Å². The van der Waals surface area contributed by atoms with E-state index in [1.54, 1.807) is 18.2 Å². The van der Waals surface area contributed by atoms with Gasteiger partial charge in [-0.15, -0.1) is 0 Å². The van der Waals surface area contributed by atoms with Crippen LogP contribution in [0.5, 0.6) is 0 Å². The minimum Gasteiger partial charge on any atom is -0.465 e. The molecule has 0 aliphatic heterocycles. The molecule has 2 aromatic carbocycles. The van der Waals surface area contributed by atoms with Crippen LogP contribution in [0.1, 0.15) is 60.7 Å². The molecule has 0 unspecified atom stereocenters. The van der Waals surface area contributed by atoms with E-state index >= 15 is 0 Å². The van der Waals surface area contributed by atoms with Gasteiger partial charge in [0.2, 0.25) is 0 Å². The zero-order valence-electron chi connectivity index (χ0n) is 20.9. The first-order chi connectivity index (χ1) is 17.7. The molecule has 4 rings (SSSR count). The van der Waals surface area contributed by atoms with E-state index < -0.39 is 23.3 Å². The zero-order valence-corrected chi connectivity index (χ0v) is 21.7. The molecule has 0 spiro atoms. The minimum atomic E-state index is -0.599. The molecule has 0 saturated carbocycles. The normalized spacial score (nSPS) is 10.8.